The number of hydrogen-bond acceptors (Lipinski definition) is 2. The molecule has 0 aliphatic heterocycles. The third kappa shape index (κ3) is 3.73. The molecule has 0 heterocycles. The number of phenolic OH excluding ortho intramolecular Hbond substituents is 1. The minimum Gasteiger partial charge on any atom is -0.508 e. The lowest BCUT2D eigenvalue weighted by Crippen LogP contribution is -2.31. The summed E-state index contributed by atoms with van der Waals surface area (Å²) in [5.41, 5.74) is 1.04. The molecule has 2 heteroatoms. The average Bonchev–Trinajstić information content (AvgIpc) is 2.43. The fourth-order valence-electron chi connectivity index (χ4n) is 3.25. The lowest BCUT2D eigenvalue weighted by atomic mass is 9.80. The summed E-state index contributed by atoms with van der Waals surface area (Å²) in [5.74, 6) is 2.05. The molecule has 0 saturated heterocycles. The van der Waals surface area contributed by atoms with Crippen molar-refractivity contribution in [1.82, 2.24) is 5.32 Å². The highest BCUT2D eigenvalue weighted by atomic mass is 16.3. The first-order valence-corrected chi connectivity index (χ1v) is 7.73. The van der Waals surface area contributed by atoms with E-state index in [1.165, 1.54) is 25.7 Å². The maximum absolute atomic E-state index is 9.96. The molecule has 0 bridgehead atoms. The van der Waals surface area contributed by atoms with Gasteiger partial charge in [-0.3, -0.25) is 0 Å². The predicted molar refractivity (Wildman–Crippen MR) is 80.3 cm³/mol. The Morgan fingerprint density at radius 2 is 2.00 bits per heavy atom. The van der Waals surface area contributed by atoms with Crippen LogP contribution in [0.4, 0.5) is 0 Å². The second kappa shape index (κ2) is 6.95. The van der Waals surface area contributed by atoms with Gasteiger partial charge in [0.15, 0.2) is 0 Å². The Labute approximate surface area is 117 Å². The Balaban J connectivity index is 1.94. The quantitative estimate of drug-likeness (QED) is 0.830. The number of hydrogen-bond donors (Lipinski definition) is 2. The normalized spacial score (nSPS) is 25.2. The van der Waals surface area contributed by atoms with E-state index >= 15 is 0 Å². The van der Waals surface area contributed by atoms with Crippen molar-refractivity contribution in [2.75, 3.05) is 6.54 Å². The zero-order valence-electron chi connectivity index (χ0n) is 12.2. The van der Waals surface area contributed by atoms with Gasteiger partial charge < -0.3 is 10.4 Å². The number of aromatic hydroxyl groups is 1. The average molecular weight is 261 g/mol. The van der Waals surface area contributed by atoms with Crippen LogP contribution >= 0.6 is 0 Å². The largest absolute Gasteiger partial charge is 0.508 e. The fourth-order valence-corrected chi connectivity index (χ4v) is 3.25. The summed E-state index contributed by atoms with van der Waals surface area (Å²) in [4.78, 5) is 0. The van der Waals surface area contributed by atoms with Crippen LogP contribution < -0.4 is 5.32 Å². The van der Waals surface area contributed by atoms with E-state index in [1.807, 2.05) is 18.2 Å². The van der Waals surface area contributed by atoms with Gasteiger partial charge >= 0.3 is 0 Å². The van der Waals surface area contributed by atoms with Crippen LogP contribution in [0.2, 0.25) is 0 Å². The van der Waals surface area contributed by atoms with Crippen molar-refractivity contribution in [2.24, 2.45) is 11.8 Å². The topological polar surface area (TPSA) is 32.3 Å². The van der Waals surface area contributed by atoms with Gasteiger partial charge in [0.2, 0.25) is 0 Å². The molecule has 3 unspecified atom stereocenters. The molecule has 1 aromatic rings. The van der Waals surface area contributed by atoms with Gasteiger partial charge in [-0.25, -0.2) is 0 Å². The summed E-state index contributed by atoms with van der Waals surface area (Å²) in [6.07, 6.45) is 6.52. The molecule has 0 aromatic heterocycles. The third-order valence-corrected chi connectivity index (χ3v) is 4.64. The van der Waals surface area contributed by atoms with Gasteiger partial charge in [0.05, 0.1) is 0 Å². The zero-order chi connectivity index (χ0) is 13.7. The van der Waals surface area contributed by atoms with E-state index in [-0.39, 0.29) is 6.04 Å². The molecule has 0 amide bonds. The molecule has 0 radical (unpaired) electrons. The Morgan fingerprint density at radius 3 is 2.68 bits per heavy atom. The minimum absolute atomic E-state index is 0.273. The zero-order valence-corrected chi connectivity index (χ0v) is 12.2. The monoisotopic (exact) mass is 261 g/mol. The van der Waals surface area contributed by atoms with Crippen LogP contribution in [0.1, 0.15) is 57.6 Å². The molecule has 1 aliphatic carbocycles. The van der Waals surface area contributed by atoms with E-state index in [1.54, 1.807) is 6.07 Å². The van der Waals surface area contributed by atoms with Gasteiger partial charge in [0.1, 0.15) is 5.75 Å². The first-order valence-electron chi connectivity index (χ1n) is 7.73. The van der Waals surface area contributed by atoms with E-state index in [0.717, 1.165) is 30.4 Å². The summed E-state index contributed by atoms with van der Waals surface area (Å²) >= 11 is 0. The van der Waals surface area contributed by atoms with Crippen molar-refractivity contribution in [1.29, 1.82) is 0 Å². The van der Waals surface area contributed by atoms with Crippen LogP contribution in [0.3, 0.4) is 0 Å². The molecule has 2 N–H and O–H groups in total. The van der Waals surface area contributed by atoms with Gasteiger partial charge in [-0.05, 0) is 37.3 Å². The van der Waals surface area contributed by atoms with Crippen LogP contribution in [-0.2, 0) is 0 Å². The molecule has 1 saturated carbocycles. The summed E-state index contributed by atoms with van der Waals surface area (Å²) < 4.78 is 0. The molecule has 3 atom stereocenters. The lowest BCUT2D eigenvalue weighted by molar-refractivity contribution is 0.239. The van der Waals surface area contributed by atoms with Crippen molar-refractivity contribution in [3.8, 4) is 5.75 Å². The number of benzene rings is 1. The molecule has 2 rings (SSSR count). The Hall–Kier alpha value is -1.02. The van der Waals surface area contributed by atoms with E-state index in [9.17, 15) is 5.11 Å². The first kappa shape index (κ1) is 14.4. The number of rotatable bonds is 5. The number of nitrogens with one attached hydrogen (secondary N) is 1. The molecular formula is C17H27NO. The maximum Gasteiger partial charge on any atom is 0.120 e. The Bertz CT molecular complexity index is 391. The molecular weight excluding hydrogens is 234 g/mol. The van der Waals surface area contributed by atoms with Crippen molar-refractivity contribution < 1.29 is 5.11 Å². The van der Waals surface area contributed by atoms with Crippen molar-refractivity contribution >= 4 is 0 Å². The summed E-state index contributed by atoms with van der Waals surface area (Å²) in [6, 6.07) is 7.97. The molecule has 1 aliphatic rings. The Morgan fingerprint density at radius 1 is 1.26 bits per heavy atom. The van der Waals surface area contributed by atoms with Gasteiger partial charge in [-0.1, -0.05) is 51.3 Å². The first-order chi connectivity index (χ1) is 9.22. The van der Waals surface area contributed by atoms with Gasteiger partial charge in [0, 0.05) is 11.6 Å². The summed E-state index contributed by atoms with van der Waals surface area (Å²) in [5, 5.41) is 13.6. The van der Waals surface area contributed by atoms with Gasteiger partial charge in [0.25, 0.3) is 0 Å². The standard InChI is InChI=1S/C17H27NO/c1-3-16(15-10-6-7-11-17(15)19)18-12-14-9-5-4-8-13(14)2/h6-7,10-11,13-14,16,18-19H,3-5,8-9,12H2,1-2H3. The SMILES string of the molecule is CCC(NCC1CCCCC1C)c1ccccc1O. The predicted octanol–water partition coefficient (Wildman–Crippen LogP) is 4.26. The van der Waals surface area contributed by atoms with Crippen molar-refractivity contribution in [3.63, 3.8) is 0 Å². The smallest absolute Gasteiger partial charge is 0.120 e. The van der Waals surface area contributed by atoms with Crippen LogP contribution in [0.25, 0.3) is 0 Å². The number of phenols is 1. The molecule has 0 spiro atoms. The second-order valence-corrected chi connectivity index (χ2v) is 5.95. The van der Waals surface area contributed by atoms with Crippen LogP contribution in [0.5, 0.6) is 5.75 Å². The van der Waals surface area contributed by atoms with E-state index < -0.39 is 0 Å². The van der Waals surface area contributed by atoms with Crippen LogP contribution in [-0.4, -0.2) is 11.7 Å². The van der Waals surface area contributed by atoms with E-state index in [0.29, 0.717) is 5.75 Å². The van der Waals surface area contributed by atoms with Crippen molar-refractivity contribution in [2.45, 2.75) is 52.0 Å². The van der Waals surface area contributed by atoms with Gasteiger partial charge in [-0.15, -0.1) is 0 Å². The highest BCUT2D eigenvalue weighted by molar-refractivity contribution is 5.34. The van der Waals surface area contributed by atoms with E-state index in [4.69, 9.17) is 0 Å². The Kier molecular flexibility index (Phi) is 5.26. The summed E-state index contributed by atoms with van der Waals surface area (Å²) in [7, 11) is 0. The summed E-state index contributed by atoms with van der Waals surface area (Å²) in [6.45, 7) is 5.63. The molecule has 2 nitrogen and oxygen atoms in total. The number of para-hydroxylation sites is 1. The highest BCUT2D eigenvalue weighted by Gasteiger charge is 2.22. The molecule has 19 heavy (non-hydrogen) atoms. The lowest BCUT2D eigenvalue weighted by Gasteiger charge is -2.30. The van der Waals surface area contributed by atoms with Gasteiger partial charge in [-0.2, -0.15) is 0 Å². The molecule has 106 valence electrons. The van der Waals surface area contributed by atoms with Crippen molar-refractivity contribution in [3.05, 3.63) is 29.8 Å². The van der Waals surface area contributed by atoms with Crippen LogP contribution in [0, 0.1) is 11.8 Å². The van der Waals surface area contributed by atoms with Crippen LogP contribution in [0.15, 0.2) is 24.3 Å². The molecule has 1 fully saturated rings. The second-order valence-electron chi connectivity index (χ2n) is 5.95. The minimum atomic E-state index is 0.273. The third-order valence-electron chi connectivity index (χ3n) is 4.64. The van der Waals surface area contributed by atoms with E-state index in [2.05, 4.69) is 19.2 Å². The highest BCUT2D eigenvalue weighted by Crippen LogP contribution is 2.31. The fraction of sp³-hybridized carbons (Fsp3) is 0.647. The maximum atomic E-state index is 9.96. The molecule has 1 aromatic carbocycles.